The van der Waals surface area contributed by atoms with E-state index in [0.717, 1.165) is 26.2 Å². The van der Waals surface area contributed by atoms with E-state index in [4.69, 9.17) is 0 Å². The van der Waals surface area contributed by atoms with Crippen LogP contribution in [0.25, 0.3) is 12.3 Å². The molecule has 4 aromatic heterocycles. The Morgan fingerprint density at radius 3 is 0.714 bits per heavy atom. The first kappa shape index (κ1) is 40.3. The van der Waals surface area contributed by atoms with Gasteiger partial charge in [0.25, 0.3) is 0 Å². The monoisotopic (exact) mass is 662 g/mol. The van der Waals surface area contributed by atoms with Crippen LogP contribution in [-0.4, -0.2) is 49.2 Å². The Bertz CT molecular complexity index is 1190. The number of rotatable bonds is 8. The summed E-state index contributed by atoms with van der Waals surface area (Å²) >= 11 is 0. The van der Waals surface area contributed by atoms with Gasteiger partial charge in [0.05, 0.1) is 25.3 Å². The Labute approximate surface area is 266 Å². The number of nitrogens with two attached hydrogens (primary N) is 2. The molecule has 0 aliphatic heterocycles. The van der Waals surface area contributed by atoms with Crippen molar-refractivity contribution in [3.63, 3.8) is 0 Å². The minimum atomic E-state index is 0. The smallest absolute Gasteiger partial charge is 0.693 e. The Balaban J connectivity index is 0. The predicted molar refractivity (Wildman–Crippen MR) is 156 cm³/mol. The van der Waals surface area contributed by atoms with E-state index in [1.165, 1.54) is 22.3 Å². The van der Waals surface area contributed by atoms with Gasteiger partial charge in [-0.25, -0.2) is 19.9 Å². The Morgan fingerprint density at radius 2 is 0.571 bits per heavy atom. The van der Waals surface area contributed by atoms with Crippen molar-refractivity contribution in [3.8, 4) is 0 Å². The predicted octanol–water partition coefficient (Wildman–Crippen LogP) is 4.13. The molecule has 6 rings (SSSR count). The van der Waals surface area contributed by atoms with Gasteiger partial charge in [0.1, 0.15) is 0 Å². The van der Waals surface area contributed by atoms with Crippen LogP contribution < -0.4 is 0 Å². The molecular weight excluding hydrogens is 626 g/mol. The van der Waals surface area contributed by atoms with Crippen LogP contribution in [0.5, 0.6) is 0 Å². The van der Waals surface area contributed by atoms with Crippen LogP contribution in [0.15, 0.2) is 123 Å². The third-order valence-corrected chi connectivity index (χ3v) is 5.74. The molecule has 42 heavy (non-hydrogen) atoms. The van der Waals surface area contributed by atoms with Gasteiger partial charge in [0, 0.05) is 75.8 Å². The summed E-state index contributed by atoms with van der Waals surface area (Å²) in [7, 11) is 0. The molecule has 4 heterocycles. The molecule has 0 spiro atoms. The van der Waals surface area contributed by atoms with Crippen LogP contribution in [0.4, 0.5) is 0 Å². The van der Waals surface area contributed by atoms with Crippen molar-refractivity contribution < 1.29 is 44.5 Å². The molecule has 0 saturated carbocycles. The molecule has 2 radical (unpaired) electrons. The largest absolute Gasteiger partial charge is 2.00 e. The standard InChI is InChI=1S/2C14H14N4.2Co.2H2N.2H2O/c2*1-2-14(10-18-8-6-16-12-18)4-3-13(1)9-17-7-5-15-11-17;;;;;;/h2*1-8,11-12H,9-10H2;;;4*1H2/q;;2*+2;2*-1;;. The SMILES string of the molecule is O.O.[Co+2].[Co+2].[NH2-].[NH2-].c1cn(Cc2ccc(Cn3ccnc3)cc2)cn1.c1cn(Cc2ccc(Cn3ccnc3)cc2)cn1. The van der Waals surface area contributed by atoms with Crippen LogP contribution >= 0.6 is 0 Å². The minimum Gasteiger partial charge on any atom is -0.693 e. The summed E-state index contributed by atoms with van der Waals surface area (Å²) in [5.41, 5.74) is 5.12. The maximum Gasteiger partial charge on any atom is 2.00 e. The van der Waals surface area contributed by atoms with E-state index in [0.29, 0.717) is 0 Å². The zero-order valence-electron chi connectivity index (χ0n) is 22.8. The van der Waals surface area contributed by atoms with Crippen molar-refractivity contribution in [2.45, 2.75) is 26.2 Å². The average molecular weight is 663 g/mol. The molecule has 0 bridgehead atoms. The molecule has 0 aliphatic rings. The Kier molecular flexibility index (Phi) is 20.1. The topological polar surface area (TPSA) is 201 Å². The summed E-state index contributed by atoms with van der Waals surface area (Å²) < 4.78 is 8.24. The molecule has 0 aliphatic carbocycles. The molecule has 0 unspecified atom stereocenters. The van der Waals surface area contributed by atoms with Crippen molar-refractivity contribution in [1.82, 2.24) is 38.2 Å². The van der Waals surface area contributed by atoms with Crippen molar-refractivity contribution in [2.75, 3.05) is 0 Å². The van der Waals surface area contributed by atoms with Gasteiger partial charge in [-0.1, -0.05) is 48.5 Å². The van der Waals surface area contributed by atoms with Crippen molar-refractivity contribution in [2.24, 2.45) is 0 Å². The van der Waals surface area contributed by atoms with Gasteiger partial charge in [-0.2, -0.15) is 0 Å². The summed E-state index contributed by atoms with van der Waals surface area (Å²) in [6, 6.07) is 17.3. The zero-order chi connectivity index (χ0) is 24.4. The van der Waals surface area contributed by atoms with E-state index in [9.17, 15) is 0 Å². The molecule has 0 atom stereocenters. The summed E-state index contributed by atoms with van der Waals surface area (Å²) in [5, 5.41) is 0. The third kappa shape index (κ3) is 12.3. The van der Waals surface area contributed by atoms with Crippen molar-refractivity contribution >= 4 is 0 Å². The fraction of sp³-hybridized carbons (Fsp3) is 0.143. The minimum absolute atomic E-state index is 0. The summed E-state index contributed by atoms with van der Waals surface area (Å²) in [5.74, 6) is 0. The van der Waals surface area contributed by atoms with Crippen LogP contribution in [0.2, 0.25) is 0 Å². The second-order valence-electron chi connectivity index (χ2n) is 8.57. The van der Waals surface area contributed by atoms with E-state index in [1.54, 1.807) is 24.8 Å². The van der Waals surface area contributed by atoms with E-state index >= 15 is 0 Å². The van der Waals surface area contributed by atoms with E-state index in [2.05, 4.69) is 86.7 Å². The van der Waals surface area contributed by atoms with Crippen LogP contribution in [-0.2, 0) is 59.7 Å². The normalized spacial score (nSPS) is 9.14. The Morgan fingerprint density at radius 1 is 0.381 bits per heavy atom. The van der Waals surface area contributed by atoms with Gasteiger partial charge in [-0.05, 0) is 22.3 Å². The second kappa shape index (κ2) is 20.9. The maximum atomic E-state index is 4.04. The zero-order valence-corrected chi connectivity index (χ0v) is 24.9. The van der Waals surface area contributed by atoms with Crippen LogP contribution in [0.1, 0.15) is 22.3 Å². The fourth-order valence-corrected chi connectivity index (χ4v) is 3.86. The molecule has 2 aromatic carbocycles. The van der Waals surface area contributed by atoms with E-state index < -0.39 is 0 Å². The summed E-state index contributed by atoms with van der Waals surface area (Å²) in [6.45, 7) is 3.47. The number of benzene rings is 2. The molecule has 226 valence electrons. The molecule has 6 aromatic rings. The molecule has 0 fully saturated rings. The number of imidazole rings is 4. The first-order valence-corrected chi connectivity index (χ1v) is 11.8. The van der Waals surface area contributed by atoms with E-state index in [-0.39, 0.29) is 56.8 Å². The quantitative estimate of drug-likeness (QED) is 0.236. The molecule has 12 nitrogen and oxygen atoms in total. The Hall–Kier alpha value is -3.87. The van der Waals surface area contributed by atoms with E-state index in [1.807, 2.05) is 50.1 Å². The molecule has 14 heteroatoms. The third-order valence-electron chi connectivity index (χ3n) is 5.74. The van der Waals surface area contributed by atoms with Gasteiger partial charge < -0.3 is 41.5 Å². The van der Waals surface area contributed by atoms with Gasteiger partial charge in [-0.3, -0.25) is 0 Å². The number of nitrogens with zero attached hydrogens (tertiary/aromatic N) is 8. The first-order chi connectivity index (χ1) is 17.8. The second-order valence-corrected chi connectivity index (χ2v) is 8.57. The van der Waals surface area contributed by atoms with Gasteiger partial charge in [0.2, 0.25) is 0 Å². The summed E-state index contributed by atoms with van der Waals surface area (Å²) in [6.07, 6.45) is 22.4. The van der Waals surface area contributed by atoms with Crippen molar-refractivity contribution in [3.05, 3.63) is 158 Å². The van der Waals surface area contributed by atoms with Crippen LogP contribution in [0, 0.1) is 0 Å². The molecule has 8 N–H and O–H groups in total. The van der Waals surface area contributed by atoms with Crippen molar-refractivity contribution in [1.29, 1.82) is 0 Å². The van der Waals surface area contributed by atoms with Gasteiger partial charge >= 0.3 is 33.6 Å². The number of hydrogen-bond donors (Lipinski definition) is 0. The molecule has 0 saturated heterocycles. The summed E-state index contributed by atoms with van der Waals surface area (Å²) in [4.78, 5) is 16.2. The number of hydrogen-bond acceptors (Lipinski definition) is 4. The average Bonchev–Trinajstić information content (AvgIpc) is 3.72. The fourth-order valence-electron chi connectivity index (χ4n) is 3.86. The van der Waals surface area contributed by atoms with Crippen LogP contribution in [0.3, 0.4) is 0 Å². The maximum absolute atomic E-state index is 4.04. The number of aromatic nitrogens is 8. The molecule has 0 amide bonds. The van der Waals surface area contributed by atoms with Gasteiger partial charge in [0.15, 0.2) is 0 Å². The van der Waals surface area contributed by atoms with Gasteiger partial charge in [-0.15, -0.1) is 0 Å². The first-order valence-electron chi connectivity index (χ1n) is 11.8. The molecular formula is C28H36Co2N10O2+2.